The van der Waals surface area contributed by atoms with Crippen molar-refractivity contribution in [3.63, 3.8) is 0 Å². The Bertz CT molecular complexity index is 667. The Morgan fingerprint density at radius 1 is 1.33 bits per heavy atom. The zero-order valence-electron chi connectivity index (χ0n) is 12.4. The number of carbonyl (C=O) groups excluding carboxylic acids is 3. The molecule has 0 fully saturated rings. The SMILES string of the molecule is CC1=NNC(=O)N(NC(=O)NNSC(=O)Nc2ccc(Cl)cc2)C1. The highest BCUT2D eigenvalue weighted by Gasteiger charge is 2.20. The lowest BCUT2D eigenvalue weighted by atomic mass is 10.3. The van der Waals surface area contributed by atoms with Crippen LogP contribution in [0.15, 0.2) is 29.4 Å². The van der Waals surface area contributed by atoms with E-state index >= 15 is 0 Å². The van der Waals surface area contributed by atoms with E-state index in [-0.39, 0.29) is 6.54 Å². The van der Waals surface area contributed by atoms with E-state index in [9.17, 15) is 14.4 Å². The van der Waals surface area contributed by atoms with Gasteiger partial charge in [-0.1, -0.05) is 11.6 Å². The second-order valence-corrected chi connectivity index (χ2v) is 5.76. The highest BCUT2D eigenvalue weighted by molar-refractivity contribution is 8.12. The van der Waals surface area contributed by atoms with Crippen molar-refractivity contribution in [2.45, 2.75) is 6.92 Å². The number of hydrogen-bond donors (Lipinski definition) is 5. The molecule has 0 spiro atoms. The lowest BCUT2D eigenvalue weighted by Gasteiger charge is -2.25. The highest BCUT2D eigenvalue weighted by Crippen LogP contribution is 2.14. The molecule has 1 aromatic rings. The Hall–Kier alpha value is -2.50. The van der Waals surface area contributed by atoms with Gasteiger partial charge in [-0.15, -0.1) is 0 Å². The fraction of sp³-hybridized carbons (Fsp3) is 0.167. The predicted molar refractivity (Wildman–Crippen MR) is 91.2 cm³/mol. The largest absolute Gasteiger partial charge is 0.356 e. The van der Waals surface area contributed by atoms with Gasteiger partial charge >= 0.3 is 12.1 Å². The summed E-state index contributed by atoms with van der Waals surface area (Å²) >= 11 is 6.36. The van der Waals surface area contributed by atoms with Gasteiger partial charge in [-0.05, 0) is 31.2 Å². The number of hydrazone groups is 1. The summed E-state index contributed by atoms with van der Waals surface area (Å²) < 4.78 is 0. The summed E-state index contributed by atoms with van der Waals surface area (Å²) in [5.41, 5.74) is 7.92. The fourth-order valence-electron chi connectivity index (χ4n) is 1.58. The van der Waals surface area contributed by atoms with Gasteiger partial charge in [0.2, 0.25) is 0 Å². The van der Waals surface area contributed by atoms with Gasteiger partial charge in [-0.2, -0.15) is 9.93 Å². The second-order valence-electron chi connectivity index (χ2n) is 4.54. The lowest BCUT2D eigenvalue weighted by Crippen LogP contribution is -2.57. The van der Waals surface area contributed by atoms with Crippen molar-refractivity contribution in [2.24, 2.45) is 5.10 Å². The van der Waals surface area contributed by atoms with Gasteiger partial charge in [-0.3, -0.25) is 10.2 Å². The van der Waals surface area contributed by atoms with Crippen LogP contribution in [0.3, 0.4) is 0 Å². The molecule has 10 nitrogen and oxygen atoms in total. The molecule has 1 aliphatic heterocycles. The van der Waals surface area contributed by atoms with Gasteiger partial charge in [0.15, 0.2) is 0 Å². The van der Waals surface area contributed by atoms with Crippen LogP contribution in [0, 0.1) is 0 Å². The van der Waals surface area contributed by atoms with E-state index in [0.29, 0.717) is 28.4 Å². The van der Waals surface area contributed by atoms with Crippen molar-refractivity contribution in [2.75, 3.05) is 11.9 Å². The van der Waals surface area contributed by atoms with E-state index in [2.05, 4.69) is 31.5 Å². The van der Waals surface area contributed by atoms with E-state index in [0.717, 1.165) is 5.01 Å². The number of benzene rings is 1. The average molecular weight is 372 g/mol. The van der Waals surface area contributed by atoms with Crippen LogP contribution >= 0.6 is 23.5 Å². The molecule has 0 bridgehead atoms. The summed E-state index contributed by atoms with van der Waals surface area (Å²) in [7, 11) is 0. The van der Waals surface area contributed by atoms with Gasteiger partial charge in [0, 0.05) is 22.7 Å². The second kappa shape index (κ2) is 8.38. The van der Waals surface area contributed by atoms with Crippen LogP contribution in [0.4, 0.5) is 20.1 Å². The van der Waals surface area contributed by atoms with Crippen molar-refractivity contribution in [3.05, 3.63) is 29.3 Å². The van der Waals surface area contributed by atoms with E-state index in [1.54, 1.807) is 31.2 Å². The van der Waals surface area contributed by atoms with Crippen molar-refractivity contribution in [1.82, 2.24) is 26.1 Å². The molecule has 1 aliphatic rings. The van der Waals surface area contributed by atoms with Crippen LogP contribution < -0.4 is 26.4 Å². The monoisotopic (exact) mass is 371 g/mol. The number of halogens is 1. The van der Waals surface area contributed by atoms with Crippen molar-refractivity contribution in [1.29, 1.82) is 0 Å². The van der Waals surface area contributed by atoms with E-state index in [1.165, 1.54) is 0 Å². The molecular weight excluding hydrogens is 358 g/mol. The zero-order valence-corrected chi connectivity index (χ0v) is 14.0. The Balaban J connectivity index is 1.68. The molecule has 24 heavy (non-hydrogen) atoms. The van der Waals surface area contributed by atoms with Crippen LogP contribution in [0.2, 0.25) is 5.02 Å². The first-order valence-electron chi connectivity index (χ1n) is 6.60. The Morgan fingerprint density at radius 2 is 2.04 bits per heavy atom. The fourth-order valence-corrected chi connectivity index (χ4v) is 2.11. The predicted octanol–water partition coefficient (Wildman–Crippen LogP) is 1.64. The summed E-state index contributed by atoms with van der Waals surface area (Å²) in [5.74, 6) is 0. The number of urea groups is 2. The van der Waals surface area contributed by atoms with Crippen LogP contribution in [-0.4, -0.2) is 34.6 Å². The van der Waals surface area contributed by atoms with E-state index < -0.39 is 17.3 Å². The first kappa shape index (κ1) is 17.8. The number of hydrazine groups is 2. The first-order chi connectivity index (χ1) is 11.4. The first-order valence-corrected chi connectivity index (χ1v) is 7.79. The molecule has 128 valence electrons. The average Bonchev–Trinajstić information content (AvgIpc) is 2.53. The third-order valence-electron chi connectivity index (χ3n) is 2.61. The molecule has 0 atom stereocenters. The number of nitrogens with zero attached hydrogens (tertiary/aromatic N) is 2. The number of rotatable bonds is 4. The van der Waals surface area contributed by atoms with E-state index in [1.807, 2.05) is 0 Å². The van der Waals surface area contributed by atoms with Gasteiger partial charge in [0.25, 0.3) is 5.24 Å². The molecule has 5 N–H and O–H groups in total. The Labute approximate surface area is 146 Å². The summed E-state index contributed by atoms with van der Waals surface area (Å²) in [5, 5.41) is 7.45. The lowest BCUT2D eigenvalue weighted by molar-refractivity contribution is 0.172. The molecule has 0 saturated carbocycles. The van der Waals surface area contributed by atoms with Crippen LogP contribution in [0.1, 0.15) is 6.92 Å². The maximum Gasteiger partial charge on any atom is 0.356 e. The molecule has 0 saturated heterocycles. The summed E-state index contributed by atoms with van der Waals surface area (Å²) in [4.78, 5) is 37.1. The number of carbonyl (C=O) groups is 3. The molecular formula is C12H14ClN7O3S. The molecule has 5 amide bonds. The third-order valence-corrected chi connectivity index (χ3v) is 3.35. The summed E-state index contributed by atoms with van der Waals surface area (Å²) in [6.07, 6.45) is 0. The van der Waals surface area contributed by atoms with Crippen molar-refractivity contribution < 1.29 is 14.4 Å². The molecule has 0 unspecified atom stereocenters. The van der Waals surface area contributed by atoms with Gasteiger partial charge in [0.05, 0.1) is 12.3 Å². The number of hydrogen-bond acceptors (Lipinski definition) is 6. The molecule has 0 aliphatic carbocycles. The summed E-state index contributed by atoms with van der Waals surface area (Å²) in [6, 6.07) is 5.27. The van der Waals surface area contributed by atoms with Crippen molar-refractivity contribution >= 4 is 52.2 Å². The number of amides is 5. The standard InChI is InChI=1S/C12H14ClN7O3S/c1-7-6-20(11(22)17-15-7)18-10(21)16-19-24-12(23)14-9-4-2-8(13)3-5-9/h2-5,19H,6H2,1H3,(H,14,23)(H,17,22)(H2,16,18,21). The van der Waals surface area contributed by atoms with Gasteiger partial charge in [0.1, 0.15) is 0 Å². The number of anilines is 1. The maximum absolute atomic E-state index is 11.7. The molecule has 1 heterocycles. The Morgan fingerprint density at radius 3 is 2.75 bits per heavy atom. The molecule has 1 aromatic carbocycles. The van der Waals surface area contributed by atoms with Gasteiger partial charge < -0.3 is 5.32 Å². The molecule has 2 rings (SSSR count). The highest BCUT2D eigenvalue weighted by atomic mass is 35.5. The minimum absolute atomic E-state index is 0.156. The normalized spacial score (nSPS) is 13.7. The van der Waals surface area contributed by atoms with Gasteiger partial charge in [-0.25, -0.2) is 25.4 Å². The zero-order chi connectivity index (χ0) is 17.5. The molecule has 0 radical (unpaired) electrons. The molecule has 12 heteroatoms. The van der Waals surface area contributed by atoms with Crippen molar-refractivity contribution in [3.8, 4) is 0 Å². The third kappa shape index (κ3) is 5.61. The quantitative estimate of drug-likeness (QED) is 0.406. The Kier molecular flexibility index (Phi) is 6.23. The number of nitrogens with one attached hydrogen (secondary N) is 5. The molecule has 0 aromatic heterocycles. The van der Waals surface area contributed by atoms with Crippen LogP contribution in [-0.2, 0) is 0 Å². The minimum atomic E-state index is -0.716. The smallest absolute Gasteiger partial charge is 0.316 e. The summed E-state index contributed by atoms with van der Waals surface area (Å²) in [6.45, 7) is 1.85. The topological polar surface area (TPSA) is 127 Å². The van der Waals surface area contributed by atoms with E-state index in [4.69, 9.17) is 11.6 Å². The minimum Gasteiger partial charge on any atom is -0.316 e. The van der Waals surface area contributed by atoms with Crippen LogP contribution in [0.25, 0.3) is 0 Å². The maximum atomic E-state index is 11.7. The van der Waals surface area contributed by atoms with Crippen LogP contribution in [0.5, 0.6) is 0 Å².